The summed E-state index contributed by atoms with van der Waals surface area (Å²) in [7, 11) is 0. The molecule has 1 aliphatic heterocycles. The van der Waals surface area contributed by atoms with Gasteiger partial charge in [-0.2, -0.15) is 11.3 Å². The van der Waals surface area contributed by atoms with Gasteiger partial charge in [-0.3, -0.25) is 0 Å². The van der Waals surface area contributed by atoms with Crippen LogP contribution in [0.2, 0.25) is 0 Å². The highest BCUT2D eigenvalue weighted by molar-refractivity contribution is 7.95. The first-order valence-electron chi connectivity index (χ1n) is 4.89. The Labute approximate surface area is 102 Å². The van der Waals surface area contributed by atoms with Crippen LogP contribution in [0, 0.1) is 0 Å². The second kappa shape index (κ2) is 5.38. The fraction of sp³-hybridized carbons (Fsp3) is 0.300. The highest BCUT2D eigenvalue weighted by Crippen LogP contribution is 2.28. The molecular weight excluding hydrogens is 244 g/mol. The fourth-order valence-electron chi connectivity index (χ4n) is 1.41. The number of hydrogen-bond acceptors (Lipinski definition) is 6. The molecule has 0 fully saturated rings. The maximum Gasteiger partial charge on any atom is 0.337 e. The fourth-order valence-corrected chi connectivity index (χ4v) is 2.73. The van der Waals surface area contributed by atoms with E-state index in [4.69, 9.17) is 4.74 Å². The maximum atomic E-state index is 11.7. The lowest BCUT2D eigenvalue weighted by molar-refractivity contribution is -0.138. The van der Waals surface area contributed by atoms with Crippen LogP contribution in [0.15, 0.2) is 28.6 Å². The average Bonchev–Trinajstić information content (AvgIpc) is 2.83. The van der Waals surface area contributed by atoms with Crippen LogP contribution >= 0.6 is 23.5 Å². The standard InChI is InChI=1S/C10H12N2O2S2/c1-2-14-10(13)8-5-11-16-12-9(8)7-3-4-15-6-7/h3-6,9,11-12H,2H2,1H3. The molecule has 0 aliphatic carbocycles. The Morgan fingerprint density at radius 1 is 1.62 bits per heavy atom. The van der Waals surface area contributed by atoms with Gasteiger partial charge < -0.3 is 9.46 Å². The van der Waals surface area contributed by atoms with Gasteiger partial charge in [0, 0.05) is 18.3 Å². The minimum atomic E-state index is -0.279. The van der Waals surface area contributed by atoms with E-state index in [0.29, 0.717) is 12.2 Å². The number of carbonyl (C=O) groups is 1. The zero-order chi connectivity index (χ0) is 11.4. The van der Waals surface area contributed by atoms with Crippen molar-refractivity contribution >= 4 is 29.4 Å². The lowest BCUT2D eigenvalue weighted by Gasteiger charge is -2.23. The van der Waals surface area contributed by atoms with E-state index in [1.54, 1.807) is 24.5 Å². The largest absolute Gasteiger partial charge is 0.463 e. The second-order valence-corrected chi connectivity index (χ2v) is 4.60. The normalized spacial score (nSPS) is 19.8. The summed E-state index contributed by atoms with van der Waals surface area (Å²) < 4.78 is 11.1. The molecule has 0 amide bonds. The summed E-state index contributed by atoms with van der Waals surface area (Å²) in [6, 6.07) is 1.90. The molecule has 0 saturated carbocycles. The predicted molar refractivity (Wildman–Crippen MR) is 65.6 cm³/mol. The Morgan fingerprint density at radius 3 is 3.19 bits per heavy atom. The SMILES string of the molecule is CCOC(=O)C1=CNSNC1c1ccsc1. The van der Waals surface area contributed by atoms with Crippen LogP contribution in [0.3, 0.4) is 0 Å². The molecule has 0 radical (unpaired) electrons. The van der Waals surface area contributed by atoms with Crippen LogP contribution in [-0.2, 0) is 9.53 Å². The van der Waals surface area contributed by atoms with Gasteiger partial charge >= 0.3 is 5.97 Å². The van der Waals surface area contributed by atoms with Crippen LogP contribution in [0.1, 0.15) is 18.5 Å². The van der Waals surface area contributed by atoms with E-state index in [1.165, 1.54) is 12.1 Å². The molecule has 0 saturated heterocycles. The summed E-state index contributed by atoms with van der Waals surface area (Å²) in [6.45, 7) is 2.19. The molecule has 2 rings (SSSR count). The van der Waals surface area contributed by atoms with E-state index < -0.39 is 0 Å². The van der Waals surface area contributed by atoms with Gasteiger partial charge in [-0.1, -0.05) is 0 Å². The summed E-state index contributed by atoms with van der Waals surface area (Å²) in [5.41, 5.74) is 1.69. The van der Waals surface area contributed by atoms with Gasteiger partial charge in [-0.15, -0.1) is 0 Å². The highest BCUT2D eigenvalue weighted by atomic mass is 32.2. The Kier molecular flexibility index (Phi) is 3.87. The first-order valence-corrected chi connectivity index (χ1v) is 6.65. The van der Waals surface area contributed by atoms with Gasteiger partial charge in [-0.25, -0.2) is 9.52 Å². The molecule has 86 valence electrons. The van der Waals surface area contributed by atoms with Crippen LogP contribution < -0.4 is 9.44 Å². The van der Waals surface area contributed by atoms with Crippen LogP contribution in [-0.4, -0.2) is 12.6 Å². The van der Waals surface area contributed by atoms with Crippen molar-refractivity contribution in [3.63, 3.8) is 0 Å². The van der Waals surface area contributed by atoms with Gasteiger partial charge in [0.15, 0.2) is 0 Å². The molecule has 2 N–H and O–H groups in total. The summed E-state index contributed by atoms with van der Waals surface area (Å²) in [6.07, 6.45) is 1.70. The molecule has 16 heavy (non-hydrogen) atoms. The topological polar surface area (TPSA) is 50.4 Å². The zero-order valence-electron chi connectivity index (χ0n) is 8.73. The van der Waals surface area contributed by atoms with E-state index in [-0.39, 0.29) is 12.0 Å². The van der Waals surface area contributed by atoms with Crippen LogP contribution in [0.4, 0.5) is 0 Å². The second-order valence-electron chi connectivity index (χ2n) is 3.15. The molecule has 0 bridgehead atoms. The minimum absolute atomic E-state index is 0.100. The summed E-state index contributed by atoms with van der Waals surface area (Å²) in [5.74, 6) is -0.279. The van der Waals surface area contributed by atoms with Gasteiger partial charge in [-0.05, 0) is 29.3 Å². The number of esters is 1. The first-order chi connectivity index (χ1) is 7.83. The van der Waals surface area contributed by atoms with Gasteiger partial charge in [0.05, 0.1) is 18.2 Å². The molecule has 1 unspecified atom stereocenters. The molecule has 2 heterocycles. The summed E-state index contributed by atoms with van der Waals surface area (Å²) in [4.78, 5) is 11.7. The van der Waals surface area contributed by atoms with Gasteiger partial charge in [0.25, 0.3) is 0 Å². The molecule has 0 aromatic carbocycles. The van der Waals surface area contributed by atoms with E-state index >= 15 is 0 Å². The lowest BCUT2D eigenvalue weighted by Crippen LogP contribution is -2.29. The van der Waals surface area contributed by atoms with Crippen LogP contribution in [0.5, 0.6) is 0 Å². The number of ether oxygens (including phenoxy) is 1. The van der Waals surface area contributed by atoms with Crippen molar-refractivity contribution in [2.75, 3.05) is 6.61 Å². The van der Waals surface area contributed by atoms with E-state index in [9.17, 15) is 4.79 Å². The van der Waals surface area contributed by atoms with Crippen molar-refractivity contribution < 1.29 is 9.53 Å². The highest BCUT2D eigenvalue weighted by Gasteiger charge is 2.26. The third-order valence-corrected chi connectivity index (χ3v) is 3.44. The van der Waals surface area contributed by atoms with Crippen molar-refractivity contribution in [2.45, 2.75) is 13.0 Å². The Morgan fingerprint density at radius 2 is 2.50 bits per heavy atom. The van der Waals surface area contributed by atoms with E-state index in [0.717, 1.165) is 5.56 Å². The smallest absolute Gasteiger partial charge is 0.337 e. The Bertz CT molecular complexity index is 390. The van der Waals surface area contributed by atoms with Crippen molar-refractivity contribution in [3.05, 3.63) is 34.2 Å². The van der Waals surface area contributed by atoms with Crippen LogP contribution in [0.25, 0.3) is 0 Å². The molecule has 6 heteroatoms. The number of carbonyl (C=O) groups excluding carboxylic acids is 1. The molecule has 0 spiro atoms. The zero-order valence-corrected chi connectivity index (χ0v) is 10.4. The number of rotatable bonds is 3. The monoisotopic (exact) mass is 256 g/mol. The van der Waals surface area contributed by atoms with Crippen molar-refractivity contribution in [2.24, 2.45) is 0 Å². The number of thiophene rings is 1. The summed E-state index contributed by atoms with van der Waals surface area (Å²) >= 11 is 2.97. The van der Waals surface area contributed by atoms with E-state index in [1.807, 2.05) is 16.8 Å². The average molecular weight is 256 g/mol. The molecular formula is C10H12N2O2S2. The molecule has 1 aromatic heterocycles. The molecule has 1 aliphatic rings. The Hall–Kier alpha value is -0.980. The third-order valence-electron chi connectivity index (χ3n) is 2.15. The Balaban J connectivity index is 2.20. The maximum absolute atomic E-state index is 11.7. The van der Waals surface area contributed by atoms with Gasteiger partial charge in [0.2, 0.25) is 0 Å². The van der Waals surface area contributed by atoms with Crippen molar-refractivity contribution in [1.29, 1.82) is 0 Å². The van der Waals surface area contributed by atoms with Gasteiger partial charge in [0.1, 0.15) is 0 Å². The van der Waals surface area contributed by atoms with E-state index in [2.05, 4.69) is 9.44 Å². The molecule has 4 nitrogen and oxygen atoms in total. The minimum Gasteiger partial charge on any atom is -0.463 e. The predicted octanol–water partition coefficient (Wildman–Crippen LogP) is 1.99. The number of hydrogen-bond donors (Lipinski definition) is 2. The number of nitrogens with one attached hydrogen (secondary N) is 2. The third kappa shape index (κ3) is 2.40. The molecule has 1 aromatic rings. The van der Waals surface area contributed by atoms with Crippen molar-refractivity contribution in [3.8, 4) is 0 Å². The lowest BCUT2D eigenvalue weighted by atomic mass is 10.0. The summed E-state index contributed by atoms with van der Waals surface area (Å²) in [5, 5.41) is 4.02. The quantitative estimate of drug-likeness (QED) is 0.640. The molecule has 1 atom stereocenters. The van der Waals surface area contributed by atoms with Crippen molar-refractivity contribution in [1.82, 2.24) is 9.44 Å². The first kappa shape index (κ1) is 11.5.